The minimum atomic E-state index is -0.618. The second-order valence-corrected chi connectivity index (χ2v) is 8.54. The third kappa shape index (κ3) is 4.84. The van der Waals surface area contributed by atoms with E-state index < -0.39 is 11.5 Å². The van der Waals surface area contributed by atoms with Crippen LogP contribution in [0.25, 0.3) is 11.0 Å². The van der Waals surface area contributed by atoms with Gasteiger partial charge in [0.15, 0.2) is 0 Å². The van der Waals surface area contributed by atoms with E-state index in [4.69, 9.17) is 4.42 Å². The largest absolute Gasteiger partial charge is 0.422 e. The number of fused-ring (bicyclic) bond motifs is 1. The van der Waals surface area contributed by atoms with E-state index in [9.17, 15) is 9.59 Å². The first-order valence-corrected chi connectivity index (χ1v) is 10.9. The number of piperazine rings is 1. The van der Waals surface area contributed by atoms with Crippen molar-refractivity contribution in [3.05, 3.63) is 76.1 Å². The summed E-state index contributed by atoms with van der Waals surface area (Å²) in [6, 6.07) is 17.3. The SMILES string of the molecule is CN1CCN([C@@H](CNC(=O)c2cc3ccccc3oc2=O)c2ccc(N(C)C)cc2)CC1. The third-order valence-corrected chi connectivity index (χ3v) is 6.11. The molecule has 1 N–H and O–H groups in total. The maximum absolute atomic E-state index is 12.9. The zero-order valence-electron chi connectivity index (χ0n) is 18.9. The summed E-state index contributed by atoms with van der Waals surface area (Å²) in [5.74, 6) is -0.409. The van der Waals surface area contributed by atoms with E-state index in [1.165, 1.54) is 0 Å². The number of anilines is 1. The van der Waals surface area contributed by atoms with Crippen LogP contribution in [0.3, 0.4) is 0 Å². The van der Waals surface area contributed by atoms with E-state index in [0.29, 0.717) is 12.1 Å². The van der Waals surface area contributed by atoms with Gasteiger partial charge >= 0.3 is 5.63 Å². The maximum atomic E-state index is 12.9. The lowest BCUT2D eigenvalue weighted by molar-refractivity contribution is 0.0883. The molecule has 0 saturated carbocycles. The molecule has 1 amide bonds. The first kappa shape index (κ1) is 22.0. The molecule has 2 heterocycles. The van der Waals surface area contributed by atoms with E-state index in [0.717, 1.165) is 42.8 Å². The van der Waals surface area contributed by atoms with Crippen molar-refractivity contribution in [2.45, 2.75) is 6.04 Å². The van der Waals surface area contributed by atoms with Gasteiger partial charge < -0.3 is 19.5 Å². The number of rotatable bonds is 6. The van der Waals surface area contributed by atoms with Crippen LogP contribution in [0.5, 0.6) is 0 Å². The van der Waals surface area contributed by atoms with Gasteiger partial charge in [0.2, 0.25) is 0 Å². The van der Waals surface area contributed by atoms with Crippen molar-refractivity contribution in [2.75, 3.05) is 58.8 Å². The third-order valence-electron chi connectivity index (χ3n) is 6.11. The highest BCUT2D eigenvalue weighted by atomic mass is 16.4. The highest BCUT2D eigenvalue weighted by Crippen LogP contribution is 2.24. The Labute approximate surface area is 188 Å². The molecule has 7 heteroatoms. The van der Waals surface area contributed by atoms with Crippen LogP contribution >= 0.6 is 0 Å². The molecule has 1 saturated heterocycles. The predicted octanol–water partition coefficient (Wildman–Crippen LogP) is 2.58. The first-order valence-electron chi connectivity index (χ1n) is 10.9. The molecule has 1 fully saturated rings. The topological polar surface area (TPSA) is 69.0 Å². The van der Waals surface area contributed by atoms with Crippen LogP contribution in [0.2, 0.25) is 0 Å². The fraction of sp³-hybridized carbons (Fsp3) is 0.360. The van der Waals surface area contributed by atoms with Crippen molar-refractivity contribution in [3.8, 4) is 0 Å². The van der Waals surface area contributed by atoms with Gasteiger partial charge in [0.1, 0.15) is 11.1 Å². The van der Waals surface area contributed by atoms with Crippen molar-refractivity contribution in [1.82, 2.24) is 15.1 Å². The van der Waals surface area contributed by atoms with Gasteiger partial charge in [0.05, 0.1) is 6.04 Å². The Morgan fingerprint density at radius 3 is 2.44 bits per heavy atom. The number of benzene rings is 2. The van der Waals surface area contributed by atoms with E-state index in [1.807, 2.05) is 26.2 Å². The lowest BCUT2D eigenvalue weighted by atomic mass is 10.0. The molecule has 0 aliphatic carbocycles. The highest BCUT2D eigenvalue weighted by molar-refractivity contribution is 5.96. The normalized spacial score (nSPS) is 16.1. The molecular weight excluding hydrogens is 404 g/mol. The summed E-state index contributed by atoms with van der Waals surface area (Å²) in [5.41, 5.74) is 2.16. The van der Waals surface area contributed by atoms with E-state index in [2.05, 4.69) is 51.3 Å². The van der Waals surface area contributed by atoms with Crippen LogP contribution < -0.4 is 15.8 Å². The number of hydrogen-bond acceptors (Lipinski definition) is 6. The van der Waals surface area contributed by atoms with Gasteiger partial charge in [-0.05, 0) is 36.9 Å². The Hall–Kier alpha value is -3.16. The van der Waals surface area contributed by atoms with Crippen LogP contribution in [-0.2, 0) is 0 Å². The fourth-order valence-electron chi connectivity index (χ4n) is 4.09. The smallest absolute Gasteiger partial charge is 0.349 e. The second-order valence-electron chi connectivity index (χ2n) is 8.54. The summed E-state index contributed by atoms with van der Waals surface area (Å²) >= 11 is 0. The van der Waals surface area contributed by atoms with Gasteiger partial charge in [-0.3, -0.25) is 9.69 Å². The number of carbonyl (C=O) groups excluding carboxylic acids is 1. The van der Waals surface area contributed by atoms with Gasteiger partial charge in [0.25, 0.3) is 5.91 Å². The number of nitrogens with zero attached hydrogens (tertiary/aromatic N) is 3. The van der Waals surface area contributed by atoms with Gasteiger partial charge in [-0.1, -0.05) is 30.3 Å². The molecular formula is C25H30N4O3. The molecule has 3 aromatic rings. The number of para-hydroxylation sites is 1. The van der Waals surface area contributed by atoms with Crippen molar-refractivity contribution < 1.29 is 9.21 Å². The maximum Gasteiger partial charge on any atom is 0.349 e. The standard InChI is InChI=1S/C25H30N4O3/c1-27(2)20-10-8-18(9-11-20)22(29-14-12-28(3)13-15-29)17-26-24(30)21-16-19-6-4-5-7-23(19)32-25(21)31/h4-11,16,22H,12-15,17H2,1-3H3,(H,26,30)/t22-/m0/s1. The Balaban J connectivity index is 1.55. The van der Waals surface area contributed by atoms with Gasteiger partial charge in [-0.15, -0.1) is 0 Å². The predicted molar refractivity (Wildman–Crippen MR) is 127 cm³/mol. The molecule has 0 bridgehead atoms. The summed E-state index contributed by atoms with van der Waals surface area (Å²) in [5, 5.41) is 3.71. The summed E-state index contributed by atoms with van der Waals surface area (Å²) in [4.78, 5) is 32.1. The molecule has 32 heavy (non-hydrogen) atoms. The first-order chi connectivity index (χ1) is 15.4. The molecule has 1 aromatic heterocycles. The molecule has 0 radical (unpaired) electrons. The van der Waals surface area contributed by atoms with Crippen LogP contribution in [0, 0.1) is 0 Å². The van der Waals surface area contributed by atoms with Crippen LogP contribution in [0.15, 0.2) is 63.8 Å². The number of carbonyl (C=O) groups is 1. The molecule has 2 aromatic carbocycles. The zero-order chi connectivity index (χ0) is 22.7. The lowest BCUT2D eigenvalue weighted by Gasteiger charge is -2.38. The molecule has 4 rings (SSSR count). The average molecular weight is 435 g/mol. The minimum Gasteiger partial charge on any atom is -0.422 e. The number of likely N-dealkylation sites (N-methyl/N-ethyl adjacent to an activating group) is 1. The molecule has 1 aliphatic heterocycles. The summed E-state index contributed by atoms with van der Waals surface area (Å²) in [7, 11) is 6.16. The van der Waals surface area contributed by atoms with Crippen molar-refractivity contribution >= 4 is 22.6 Å². The van der Waals surface area contributed by atoms with Gasteiger partial charge in [-0.25, -0.2) is 4.79 Å². The van der Waals surface area contributed by atoms with E-state index in [1.54, 1.807) is 18.2 Å². The lowest BCUT2D eigenvalue weighted by Crippen LogP contribution is -2.48. The van der Waals surface area contributed by atoms with Gasteiger partial charge in [-0.2, -0.15) is 0 Å². The van der Waals surface area contributed by atoms with Crippen LogP contribution in [-0.4, -0.2) is 69.6 Å². The van der Waals surface area contributed by atoms with E-state index in [-0.39, 0.29) is 11.6 Å². The Bertz CT molecular complexity index is 1130. The van der Waals surface area contributed by atoms with Crippen molar-refractivity contribution in [1.29, 1.82) is 0 Å². The number of nitrogens with one attached hydrogen (secondary N) is 1. The van der Waals surface area contributed by atoms with Crippen LogP contribution in [0.1, 0.15) is 22.0 Å². The highest BCUT2D eigenvalue weighted by Gasteiger charge is 2.25. The molecule has 1 atom stereocenters. The molecule has 7 nitrogen and oxygen atoms in total. The zero-order valence-corrected chi connectivity index (χ0v) is 18.9. The Kier molecular flexibility index (Phi) is 6.58. The molecule has 0 spiro atoms. The fourth-order valence-corrected chi connectivity index (χ4v) is 4.09. The second kappa shape index (κ2) is 9.54. The molecule has 0 unspecified atom stereocenters. The van der Waals surface area contributed by atoms with E-state index >= 15 is 0 Å². The average Bonchev–Trinajstić information content (AvgIpc) is 2.80. The Morgan fingerprint density at radius 1 is 1.06 bits per heavy atom. The molecule has 168 valence electrons. The Morgan fingerprint density at radius 2 is 1.75 bits per heavy atom. The minimum absolute atomic E-state index is 0.0244. The van der Waals surface area contributed by atoms with Crippen molar-refractivity contribution in [3.63, 3.8) is 0 Å². The molecule has 1 aliphatic rings. The summed E-state index contributed by atoms with van der Waals surface area (Å²) in [6.07, 6.45) is 0. The number of hydrogen-bond donors (Lipinski definition) is 1. The van der Waals surface area contributed by atoms with Gasteiger partial charge in [0, 0.05) is 57.9 Å². The quantitative estimate of drug-likeness (QED) is 0.602. The van der Waals surface area contributed by atoms with Crippen LogP contribution in [0.4, 0.5) is 5.69 Å². The monoisotopic (exact) mass is 434 g/mol. The summed E-state index contributed by atoms with van der Waals surface area (Å²) < 4.78 is 5.33. The number of amides is 1. The summed E-state index contributed by atoms with van der Waals surface area (Å²) in [6.45, 7) is 4.22. The van der Waals surface area contributed by atoms with Crippen molar-refractivity contribution in [2.24, 2.45) is 0 Å².